The van der Waals surface area contributed by atoms with Crippen LogP contribution in [-0.2, 0) is 9.59 Å². The summed E-state index contributed by atoms with van der Waals surface area (Å²) in [4.78, 5) is 24.5. The summed E-state index contributed by atoms with van der Waals surface area (Å²) < 4.78 is 0. The van der Waals surface area contributed by atoms with E-state index in [2.05, 4.69) is 0 Å². The average Bonchev–Trinajstić information content (AvgIpc) is 2.28. The number of carboxylic acids is 1. The van der Waals surface area contributed by atoms with E-state index in [0.29, 0.717) is 25.9 Å². The van der Waals surface area contributed by atoms with Gasteiger partial charge < -0.3 is 15.7 Å². The number of piperidine rings is 1. The fourth-order valence-corrected chi connectivity index (χ4v) is 1.88. The van der Waals surface area contributed by atoms with E-state index < -0.39 is 17.4 Å². The van der Waals surface area contributed by atoms with E-state index in [1.807, 2.05) is 6.92 Å². The lowest BCUT2D eigenvalue weighted by Gasteiger charge is -2.35. The molecule has 0 aliphatic carbocycles. The zero-order valence-electron chi connectivity index (χ0n) is 9.90. The van der Waals surface area contributed by atoms with Crippen molar-refractivity contribution in [1.82, 2.24) is 4.90 Å². The topological polar surface area (TPSA) is 83.6 Å². The molecule has 5 nitrogen and oxygen atoms in total. The maximum absolute atomic E-state index is 12.0. The molecule has 16 heavy (non-hydrogen) atoms. The molecule has 3 N–H and O–H groups in total. The lowest BCUT2D eigenvalue weighted by Crippen LogP contribution is -2.55. The number of carbonyl (C=O) groups is 2. The minimum absolute atomic E-state index is 0.138. The van der Waals surface area contributed by atoms with Gasteiger partial charge in [-0.2, -0.15) is 0 Å². The van der Waals surface area contributed by atoms with Gasteiger partial charge in [0.05, 0.1) is 11.5 Å². The molecule has 1 heterocycles. The molecule has 1 amide bonds. The molecule has 0 aromatic heterocycles. The Balaban J connectivity index is 2.67. The highest BCUT2D eigenvalue weighted by molar-refractivity contribution is 5.86. The fraction of sp³-hybridized carbons (Fsp3) is 0.818. The van der Waals surface area contributed by atoms with E-state index in [1.54, 1.807) is 11.8 Å². The molecule has 1 saturated heterocycles. The van der Waals surface area contributed by atoms with E-state index >= 15 is 0 Å². The molecule has 5 heteroatoms. The van der Waals surface area contributed by atoms with E-state index in [-0.39, 0.29) is 5.91 Å². The van der Waals surface area contributed by atoms with Gasteiger partial charge in [0.25, 0.3) is 0 Å². The summed E-state index contributed by atoms with van der Waals surface area (Å²) in [7, 11) is 0. The van der Waals surface area contributed by atoms with Gasteiger partial charge in [0.15, 0.2) is 0 Å². The molecule has 1 aliphatic heterocycles. The van der Waals surface area contributed by atoms with E-state index in [4.69, 9.17) is 10.8 Å². The number of amides is 1. The van der Waals surface area contributed by atoms with Crippen LogP contribution in [0.3, 0.4) is 0 Å². The molecule has 92 valence electrons. The predicted octanol–water partition coefficient (Wildman–Crippen LogP) is 0.437. The monoisotopic (exact) mass is 228 g/mol. The molecule has 0 spiro atoms. The summed E-state index contributed by atoms with van der Waals surface area (Å²) >= 11 is 0. The van der Waals surface area contributed by atoms with Crippen molar-refractivity contribution in [1.29, 1.82) is 0 Å². The van der Waals surface area contributed by atoms with Crippen molar-refractivity contribution >= 4 is 11.9 Å². The minimum atomic E-state index is -0.875. The molecule has 0 bridgehead atoms. The Kier molecular flexibility index (Phi) is 3.91. The Morgan fingerprint density at radius 3 is 2.69 bits per heavy atom. The molecule has 2 atom stereocenters. The SMILES string of the molecule is CCC(C)(N)C(=O)N1CCCC(C(=O)O)C1. The third-order valence-corrected chi connectivity index (χ3v) is 3.28. The number of aliphatic carboxylic acids is 1. The van der Waals surface area contributed by atoms with Crippen molar-refractivity contribution in [3.63, 3.8) is 0 Å². The third-order valence-electron chi connectivity index (χ3n) is 3.28. The minimum Gasteiger partial charge on any atom is -0.481 e. The van der Waals surface area contributed by atoms with Crippen molar-refractivity contribution in [2.45, 2.75) is 38.6 Å². The van der Waals surface area contributed by atoms with Gasteiger partial charge >= 0.3 is 5.97 Å². The zero-order chi connectivity index (χ0) is 12.3. The Hall–Kier alpha value is -1.10. The number of hydrogen-bond acceptors (Lipinski definition) is 3. The van der Waals surface area contributed by atoms with Gasteiger partial charge in [-0.15, -0.1) is 0 Å². The summed E-state index contributed by atoms with van der Waals surface area (Å²) in [5.74, 6) is -1.40. The summed E-state index contributed by atoms with van der Waals surface area (Å²) in [5, 5.41) is 8.93. The van der Waals surface area contributed by atoms with Gasteiger partial charge in [0.1, 0.15) is 0 Å². The Labute approximate surface area is 95.6 Å². The fourth-order valence-electron chi connectivity index (χ4n) is 1.88. The first-order valence-electron chi connectivity index (χ1n) is 5.69. The van der Waals surface area contributed by atoms with E-state index in [0.717, 1.165) is 6.42 Å². The normalized spacial score (nSPS) is 24.9. The average molecular weight is 228 g/mol. The molecular weight excluding hydrogens is 208 g/mol. The van der Waals surface area contributed by atoms with Crippen LogP contribution in [0.1, 0.15) is 33.1 Å². The van der Waals surface area contributed by atoms with Crippen molar-refractivity contribution in [3.8, 4) is 0 Å². The number of carbonyl (C=O) groups excluding carboxylic acids is 1. The smallest absolute Gasteiger partial charge is 0.308 e. The van der Waals surface area contributed by atoms with Crippen LogP contribution in [-0.4, -0.2) is 40.5 Å². The Bertz CT molecular complexity index is 289. The maximum Gasteiger partial charge on any atom is 0.308 e. The lowest BCUT2D eigenvalue weighted by molar-refractivity contribution is -0.147. The first-order valence-corrected chi connectivity index (χ1v) is 5.69. The molecule has 1 fully saturated rings. The molecule has 2 unspecified atom stereocenters. The van der Waals surface area contributed by atoms with Crippen molar-refractivity contribution < 1.29 is 14.7 Å². The number of rotatable bonds is 3. The summed E-state index contributed by atoms with van der Waals surface area (Å²) in [6.45, 7) is 4.46. The second-order valence-electron chi connectivity index (χ2n) is 4.70. The second-order valence-corrected chi connectivity index (χ2v) is 4.70. The van der Waals surface area contributed by atoms with Crippen LogP contribution in [0.15, 0.2) is 0 Å². The zero-order valence-corrected chi connectivity index (χ0v) is 9.90. The quantitative estimate of drug-likeness (QED) is 0.734. The first kappa shape index (κ1) is 13.0. The van der Waals surface area contributed by atoms with Gasteiger partial charge in [-0.05, 0) is 26.2 Å². The van der Waals surface area contributed by atoms with Gasteiger partial charge in [0.2, 0.25) is 5.91 Å². The number of hydrogen-bond donors (Lipinski definition) is 2. The van der Waals surface area contributed by atoms with E-state index in [1.165, 1.54) is 0 Å². The second kappa shape index (κ2) is 4.82. The van der Waals surface area contributed by atoms with Gasteiger partial charge in [-0.1, -0.05) is 6.92 Å². The van der Waals surface area contributed by atoms with Crippen molar-refractivity contribution in [3.05, 3.63) is 0 Å². The largest absolute Gasteiger partial charge is 0.481 e. The van der Waals surface area contributed by atoms with Crippen molar-refractivity contribution in [2.75, 3.05) is 13.1 Å². The molecular formula is C11H20N2O3. The number of carboxylic acid groups (broad SMARTS) is 1. The Morgan fingerprint density at radius 2 is 2.19 bits per heavy atom. The van der Waals surface area contributed by atoms with Crippen LogP contribution in [0.5, 0.6) is 0 Å². The summed E-state index contributed by atoms with van der Waals surface area (Å²) in [6.07, 6.45) is 1.94. The van der Waals surface area contributed by atoms with Crippen LogP contribution < -0.4 is 5.73 Å². The van der Waals surface area contributed by atoms with Gasteiger partial charge in [-0.3, -0.25) is 9.59 Å². The lowest BCUT2D eigenvalue weighted by atomic mass is 9.93. The molecule has 0 saturated carbocycles. The Morgan fingerprint density at radius 1 is 1.56 bits per heavy atom. The highest BCUT2D eigenvalue weighted by atomic mass is 16.4. The van der Waals surface area contributed by atoms with Gasteiger partial charge in [0, 0.05) is 13.1 Å². The van der Waals surface area contributed by atoms with Crippen LogP contribution >= 0.6 is 0 Å². The maximum atomic E-state index is 12.0. The highest BCUT2D eigenvalue weighted by Crippen LogP contribution is 2.20. The van der Waals surface area contributed by atoms with Crippen molar-refractivity contribution in [2.24, 2.45) is 11.7 Å². The molecule has 0 aromatic carbocycles. The number of likely N-dealkylation sites (tertiary alicyclic amines) is 1. The summed E-state index contributed by atoms with van der Waals surface area (Å²) in [6, 6.07) is 0. The molecule has 1 rings (SSSR count). The molecule has 0 radical (unpaired) electrons. The van der Waals surface area contributed by atoms with Crippen LogP contribution in [0.2, 0.25) is 0 Å². The number of nitrogens with zero attached hydrogens (tertiary/aromatic N) is 1. The van der Waals surface area contributed by atoms with Crippen LogP contribution in [0.25, 0.3) is 0 Å². The van der Waals surface area contributed by atoms with E-state index in [9.17, 15) is 9.59 Å². The van der Waals surface area contributed by atoms with Crippen LogP contribution in [0, 0.1) is 5.92 Å². The number of nitrogens with two attached hydrogens (primary N) is 1. The standard InChI is InChI=1S/C11H20N2O3/c1-3-11(2,12)10(16)13-6-4-5-8(7-13)9(14)15/h8H,3-7,12H2,1-2H3,(H,14,15). The third kappa shape index (κ3) is 2.72. The van der Waals surface area contributed by atoms with Gasteiger partial charge in [-0.25, -0.2) is 0 Å². The first-order chi connectivity index (χ1) is 7.38. The molecule has 0 aromatic rings. The predicted molar refractivity (Wildman–Crippen MR) is 59.8 cm³/mol. The summed E-state index contributed by atoms with van der Waals surface area (Å²) in [5.41, 5.74) is 5.00. The van der Waals surface area contributed by atoms with Crippen LogP contribution in [0.4, 0.5) is 0 Å². The molecule has 1 aliphatic rings. The highest BCUT2D eigenvalue weighted by Gasteiger charge is 2.35.